The van der Waals surface area contributed by atoms with Crippen molar-refractivity contribution in [3.05, 3.63) is 59.7 Å². The SMILES string of the molecule is CC(C)(C)CC(CC(=O)O)NC(=O)CC(C)(C)NC(=O)OCC1c2ccccc2-c2ccccc21. The Bertz CT molecular complexity index is 1040. The lowest BCUT2D eigenvalue weighted by molar-refractivity contribution is -0.137. The van der Waals surface area contributed by atoms with Crippen molar-refractivity contribution in [2.45, 2.75) is 71.4 Å². The fourth-order valence-corrected chi connectivity index (χ4v) is 4.76. The molecule has 0 heterocycles. The van der Waals surface area contributed by atoms with Gasteiger partial charge in [-0.05, 0) is 47.9 Å². The Hall–Kier alpha value is -3.35. The minimum absolute atomic E-state index is 0.00252. The zero-order valence-corrected chi connectivity index (χ0v) is 21.2. The Morgan fingerprint density at radius 1 is 0.943 bits per heavy atom. The lowest BCUT2D eigenvalue weighted by atomic mass is 9.86. The van der Waals surface area contributed by atoms with E-state index in [4.69, 9.17) is 4.74 Å². The Morgan fingerprint density at radius 2 is 1.49 bits per heavy atom. The quantitative estimate of drug-likeness (QED) is 0.464. The number of rotatable bonds is 9. The zero-order chi connectivity index (χ0) is 25.8. The molecule has 0 aromatic heterocycles. The third-order valence-corrected chi connectivity index (χ3v) is 6.03. The van der Waals surface area contributed by atoms with Crippen molar-refractivity contribution < 1.29 is 24.2 Å². The van der Waals surface area contributed by atoms with E-state index in [2.05, 4.69) is 34.9 Å². The van der Waals surface area contributed by atoms with Gasteiger partial charge in [-0.2, -0.15) is 0 Å². The summed E-state index contributed by atoms with van der Waals surface area (Å²) in [4.78, 5) is 36.5. The van der Waals surface area contributed by atoms with Gasteiger partial charge in [-0.15, -0.1) is 0 Å². The molecule has 0 bridgehead atoms. The van der Waals surface area contributed by atoms with Crippen molar-refractivity contribution in [2.24, 2.45) is 5.41 Å². The first-order valence-corrected chi connectivity index (χ1v) is 12.0. The molecule has 1 aliphatic carbocycles. The average molecular weight is 481 g/mol. The van der Waals surface area contributed by atoms with Crippen molar-refractivity contribution in [3.63, 3.8) is 0 Å². The maximum atomic E-state index is 12.7. The van der Waals surface area contributed by atoms with Crippen LogP contribution in [0, 0.1) is 5.41 Å². The highest BCUT2D eigenvalue weighted by molar-refractivity contribution is 5.80. The highest BCUT2D eigenvalue weighted by Crippen LogP contribution is 2.44. The largest absolute Gasteiger partial charge is 0.481 e. The van der Waals surface area contributed by atoms with Crippen molar-refractivity contribution >= 4 is 18.0 Å². The predicted octanol–water partition coefficient (Wildman–Crippen LogP) is 5.09. The normalized spacial score (nSPS) is 14.0. The molecule has 7 nitrogen and oxygen atoms in total. The first-order chi connectivity index (χ1) is 16.3. The third-order valence-electron chi connectivity index (χ3n) is 6.03. The molecule has 1 atom stereocenters. The average Bonchev–Trinajstić information content (AvgIpc) is 3.03. The van der Waals surface area contributed by atoms with E-state index >= 15 is 0 Å². The van der Waals surface area contributed by atoms with E-state index in [9.17, 15) is 19.5 Å². The van der Waals surface area contributed by atoms with E-state index < -0.39 is 23.6 Å². The summed E-state index contributed by atoms with van der Waals surface area (Å²) in [5.41, 5.74) is 3.55. The minimum Gasteiger partial charge on any atom is -0.481 e. The summed E-state index contributed by atoms with van der Waals surface area (Å²) >= 11 is 0. The summed E-state index contributed by atoms with van der Waals surface area (Å²) in [5, 5.41) is 14.8. The summed E-state index contributed by atoms with van der Waals surface area (Å²) in [6, 6.07) is 15.8. The zero-order valence-electron chi connectivity index (χ0n) is 21.2. The second-order valence-electron chi connectivity index (χ2n) is 11.1. The number of carboxylic acid groups (broad SMARTS) is 1. The Kier molecular flexibility index (Phi) is 7.88. The highest BCUT2D eigenvalue weighted by atomic mass is 16.5. The number of carboxylic acids is 1. The first kappa shape index (κ1) is 26.3. The number of amides is 2. The number of ether oxygens (including phenoxy) is 1. The molecule has 0 saturated carbocycles. The van der Waals surface area contributed by atoms with E-state index in [-0.39, 0.29) is 36.7 Å². The van der Waals surface area contributed by atoms with Gasteiger partial charge in [0.1, 0.15) is 6.61 Å². The van der Waals surface area contributed by atoms with Crippen LogP contribution >= 0.6 is 0 Å². The molecule has 2 aromatic carbocycles. The van der Waals surface area contributed by atoms with Crippen LogP contribution in [0.25, 0.3) is 11.1 Å². The number of hydrogen-bond donors (Lipinski definition) is 3. The summed E-state index contributed by atoms with van der Waals surface area (Å²) in [5.74, 6) is -1.33. The molecule has 0 saturated heterocycles. The van der Waals surface area contributed by atoms with Crippen LogP contribution in [-0.4, -0.2) is 41.3 Å². The van der Waals surface area contributed by atoms with Gasteiger partial charge in [0, 0.05) is 23.9 Å². The molecule has 2 amide bonds. The number of nitrogens with one attached hydrogen (secondary N) is 2. The van der Waals surface area contributed by atoms with Crippen LogP contribution in [0.3, 0.4) is 0 Å². The van der Waals surface area contributed by atoms with Crippen LogP contribution in [-0.2, 0) is 14.3 Å². The minimum atomic E-state index is -0.962. The van der Waals surface area contributed by atoms with Crippen LogP contribution < -0.4 is 10.6 Å². The topological polar surface area (TPSA) is 105 Å². The van der Waals surface area contributed by atoms with Gasteiger partial charge in [0.25, 0.3) is 0 Å². The summed E-state index contributed by atoms with van der Waals surface area (Å²) in [6.07, 6.45) is -0.215. The Morgan fingerprint density at radius 3 is 2.00 bits per heavy atom. The molecule has 3 rings (SSSR count). The molecule has 3 N–H and O–H groups in total. The number of aliphatic carboxylic acids is 1. The second kappa shape index (κ2) is 10.5. The van der Waals surface area contributed by atoms with Gasteiger partial charge in [-0.1, -0.05) is 69.3 Å². The fraction of sp³-hybridized carbons (Fsp3) is 0.464. The molecule has 0 fully saturated rings. The maximum Gasteiger partial charge on any atom is 0.407 e. The van der Waals surface area contributed by atoms with Gasteiger partial charge in [0.2, 0.25) is 5.91 Å². The molecule has 2 aromatic rings. The smallest absolute Gasteiger partial charge is 0.407 e. The number of fused-ring (bicyclic) bond motifs is 3. The molecular weight excluding hydrogens is 444 g/mol. The van der Waals surface area contributed by atoms with Crippen LogP contribution in [0.5, 0.6) is 0 Å². The van der Waals surface area contributed by atoms with Crippen LogP contribution in [0.15, 0.2) is 48.5 Å². The van der Waals surface area contributed by atoms with E-state index in [1.165, 1.54) is 0 Å². The maximum absolute atomic E-state index is 12.7. The van der Waals surface area contributed by atoms with Gasteiger partial charge in [0.15, 0.2) is 0 Å². The van der Waals surface area contributed by atoms with Crippen LogP contribution in [0.1, 0.15) is 70.9 Å². The molecule has 0 spiro atoms. The lowest BCUT2D eigenvalue weighted by Crippen LogP contribution is -2.49. The van der Waals surface area contributed by atoms with Crippen molar-refractivity contribution in [3.8, 4) is 11.1 Å². The first-order valence-electron chi connectivity index (χ1n) is 12.0. The van der Waals surface area contributed by atoms with Crippen molar-refractivity contribution in [1.29, 1.82) is 0 Å². The summed E-state index contributed by atoms with van der Waals surface area (Å²) in [7, 11) is 0. The van der Waals surface area contributed by atoms with E-state index in [1.807, 2.05) is 45.0 Å². The molecule has 1 unspecified atom stereocenters. The van der Waals surface area contributed by atoms with Gasteiger partial charge >= 0.3 is 12.1 Å². The molecule has 188 valence electrons. The molecule has 7 heteroatoms. The van der Waals surface area contributed by atoms with Gasteiger partial charge in [-0.25, -0.2) is 4.79 Å². The van der Waals surface area contributed by atoms with Gasteiger partial charge < -0.3 is 20.5 Å². The Balaban J connectivity index is 1.57. The molecule has 1 aliphatic rings. The van der Waals surface area contributed by atoms with Gasteiger partial charge in [0.05, 0.1) is 6.42 Å². The standard InChI is InChI=1S/C28H36N2O5/c1-27(2,3)15-18(14-25(32)33)29-24(31)16-28(4,5)30-26(34)35-17-23-21-12-8-6-10-19(21)20-11-7-9-13-22(20)23/h6-13,18,23H,14-17H2,1-5H3,(H,29,31)(H,30,34)(H,32,33). The number of carbonyl (C=O) groups is 3. The Labute approximate surface area is 207 Å². The number of alkyl carbamates (subject to hydrolysis) is 1. The molecule has 0 radical (unpaired) electrons. The van der Waals surface area contributed by atoms with Gasteiger partial charge in [-0.3, -0.25) is 9.59 Å². The predicted molar refractivity (Wildman–Crippen MR) is 135 cm³/mol. The number of hydrogen-bond acceptors (Lipinski definition) is 4. The number of carbonyl (C=O) groups excluding carboxylic acids is 2. The molecule has 0 aliphatic heterocycles. The van der Waals surface area contributed by atoms with E-state index in [1.54, 1.807) is 13.8 Å². The summed E-state index contributed by atoms with van der Waals surface area (Å²) < 4.78 is 5.60. The molecule has 35 heavy (non-hydrogen) atoms. The fourth-order valence-electron chi connectivity index (χ4n) is 4.76. The van der Waals surface area contributed by atoms with Crippen LogP contribution in [0.2, 0.25) is 0 Å². The second-order valence-corrected chi connectivity index (χ2v) is 11.1. The monoisotopic (exact) mass is 480 g/mol. The van der Waals surface area contributed by atoms with Crippen molar-refractivity contribution in [1.82, 2.24) is 10.6 Å². The van der Waals surface area contributed by atoms with Crippen LogP contribution in [0.4, 0.5) is 4.79 Å². The third kappa shape index (κ3) is 7.31. The number of benzene rings is 2. The van der Waals surface area contributed by atoms with E-state index in [0.717, 1.165) is 22.3 Å². The van der Waals surface area contributed by atoms with E-state index in [0.29, 0.717) is 6.42 Å². The lowest BCUT2D eigenvalue weighted by Gasteiger charge is -2.29. The summed E-state index contributed by atoms with van der Waals surface area (Å²) in [6.45, 7) is 9.66. The van der Waals surface area contributed by atoms with Crippen molar-refractivity contribution in [2.75, 3.05) is 6.61 Å². The molecular formula is C28H36N2O5. The highest BCUT2D eigenvalue weighted by Gasteiger charge is 2.31.